The lowest BCUT2D eigenvalue weighted by molar-refractivity contribution is -0.130. The van der Waals surface area contributed by atoms with Crippen LogP contribution in [0.15, 0.2) is 29.4 Å². The van der Waals surface area contributed by atoms with E-state index in [-0.39, 0.29) is 30.1 Å². The number of carbonyl (C=O) groups excluding carboxylic acids is 2. The van der Waals surface area contributed by atoms with Gasteiger partial charge in [0.05, 0.1) is 5.92 Å². The van der Waals surface area contributed by atoms with Gasteiger partial charge >= 0.3 is 0 Å². The summed E-state index contributed by atoms with van der Waals surface area (Å²) >= 11 is 2.22. The quantitative estimate of drug-likeness (QED) is 0.770. The predicted molar refractivity (Wildman–Crippen MR) is 88.8 cm³/mol. The second kappa shape index (κ2) is 6.13. The third kappa shape index (κ3) is 3.25. The van der Waals surface area contributed by atoms with Crippen LogP contribution in [-0.4, -0.2) is 17.5 Å². The largest absolute Gasteiger partial charge is 0.326 e. The van der Waals surface area contributed by atoms with Crippen molar-refractivity contribution in [2.24, 2.45) is 16.9 Å². The average Bonchev–Trinajstić information content (AvgIpc) is 2.93. The number of hydrogen-bond donors (Lipinski definition) is 2. The summed E-state index contributed by atoms with van der Waals surface area (Å²) in [5, 5.41) is 6.96. The van der Waals surface area contributed by atoms with Gasteiger partial charge in [0.15, 0.2) is 0 Å². The first kappa shape index (κ1) is 14.5. The molecule has 0 bridgehead atoms. The van der Waals surface area contributed by atoms with Crippen LogP contribution in [-0.2, 0) is 9.59 Å². The summed E-state index contributed by atoms with van der Waals surface area (Å²) in [6, 6.07) is 7.60. The maximum atomic E-state index is 12.2. The van der Waals surface area contributed by atoms with E-state index in [0.29, 0.717) is 0 Å². The van der Waals surface area contributed by atoms with E-state index < -0.39 is 0 Å². The van der Waals surface area contributed by atoms with Crippen molar-refractivity contribution in [3.05, 3.63) is 27.8 Å². The van der Waals surface area contributed by atoms with Crippen molar-refractivity contribution in [1.82, 2.24) is 5.43 Å². The van der Waals surface area contributed by atoms with E-state index >= 15 is 0 Å². The third-order valence-electron chi connectivity index (χ3n) is 4.04. The van der Waals surface area contributed by atoms with Gasteiger partial charge in [-0.3, -0.25) is 9.59 Å². The van der Waals surface area contributed by atoms with Crippen molar-refractivity contribution >= 4 is 45.8 Å². The number of amides is 2. The summed E-state index contributed by atoms with van der Waals surface area (Å²) in [6.07, 6.45) is 3.14. The maximum Gasteiger partial charge on any atom is 0.244 e. The lowest BCUT2D eigenvalue weighted by Gasteiger charge is -2.25. The van der Waals surface area contributed by atoms with E-state index in [1.54, 1.807) is 0 Å². The van der Waals surface area contributed by atoms with Crippen LogP contribution in [0, 0.1) is 15.4 Å². The molecule has 1 aliphatic carbocycles. The van der Waals surface area contributed by atoms with Gasteiger partial charge < -0.3 is 5.32 Å². The minimum Gasteiger partial charge on any atom is -0.326 e. The monoisotopic (exact) mass is 397 g/mol. The van der Waals surface area contributed by atoms with Crippen LogP contribution in [0.2, 0.25) is 0 Å². The van der Waals surface area contributed by atoms with Gasteiger partial charge in [0.25, 0.3) is 0 Å². The van der Waals surface area contributed by atoms with E-state index in [1.165, 1.54) is 0 Å². The molecule has 1 heterocycles. The van der Waals surface area contributed by atoms with Gasteiger partial charge in [-0.1, -0.05) is 0 Å². The van der Waals surface area contributed by atoms with Crippen LogP contribution < -0.4 is 10.7 Å². The van der Waals surface area contributed by atoms with Crippen molar-refractivity contribution < 1.29 is 9.59 Å². The summed E-state index contributed by atoms with van der Waals surface area (Å²) in [5.41, 5.74) is 4.35. The highest BCUT2D eigenvalue weighted by molar-refractivity contribution is 14.1. The maximum absolute atomic E-state index is 12.2. The SMILES string of the molecule is O=C(CC1C(=O)NN=C2CCCC21)Nc1ccc(I)cc1. The van der Waals surface area contributed by atoms with Crippen molar-refractivity contribution in [2.75, 3.05) is 5.32 Å². The molecule has 110 valence electrons. The molecule has 2 amide bonds. The minimum absolute atomic E-state index is 0.121. The minimum atomic E-state index is -0.288. The zero-order chi connectivity index (χ0) is 14.8. The number of carbonyl (C=O) groups is 2. The fourth-order valence-corrected chi connectivity index (χ4v) is 3.36. The molecular formula is C15H16IN3O2. The number of nitrogens with zero attached hydrogens (tertiary/aromatic N) is 1. The van der Waals surface area contributed by atoms with E-state index in [4.69, 9.17) is 0 Å². The van der Waals surface area contributed by atoms with Crippen LogP contribution >= 0.6 is 22.6 Å². The molecule has 2 unspecified atom stereocenters. The Hall–Kier alpha value is -1.44. The molecule has 0 saturated heterocycles. The molecule has 2 atom stereocenters. The molecule has 2 aliphatic rings. The molecular weight excluding hydrogens is 381 g/mol. The number of hydrazone groups is 1. The summed E-state index contributed by atoms with van der Waals surface area (Å²) in [6.45, 7) is 0. The second-order valence-corrected chi connectivity index (χ2v) is 6.69. The molecule has 1 saturated carbocycles. The molecule has 0 spiro atoms. The van der Waals surface area contributed by atoms with Crippen LogP contribution in [0.5, 0.6) is 0 Å². The Morgan fingerprint density at radius 3 is 2.90 bits per heavy atom. The highest BCUT2D eigenvalue weighted by atomic mass is 127. The van der Waals surface area contributed by atoms with E-state index in [1.807, 2.05) is 24.3 Å². The second-order valence-electron chi connectivity index (χ2n) is 5.44. The topological polar surface area (TPSA) is 70.6 Å². The molecule has 1 fully saturated rings. The number of hydrogen-bond acceptors (Lipinski definition) is 3. The number of anilines is 1. The molecule has 2 N–H and O–H groups in total. The Morgan fingerprint density at radius 2 is 2.14 bits per heavy atom. The highest BCUT2D eigenvalue weighted by Gasteiger charge is 2.39. The zero-order valence-corrected chi connectivity index (χ0v) is 13.6. The summed E-state index contributed by atoms with van der Waals surface area (Å²) in [5.74, 6) is -0.405. The van der Waals surface area contributed by atoms with Gasteiger partial charge in [0.2, 0.25) is 11.8 Å². The molecule has 21 heavy (non-hydrogen) atoms. The summed E-state index contributed by atoms with van der Waals surface area (Å²) in [4.78, 5) is 24.1. The molecule has 1 aromatic rings. The molecule has 1 aromatic carbocycles. The summed E-state index contributed by atoms with van der Waals surface area (Å²) < 4.78 is 1.11. The molecule has 5 nitrogen and oxygen atoms in total. The number of halogens is 1. The first-order valence-electron chi connectivity index (χ1n) is 7.05. The molecule has 6 heteroatoms. The van der Waals surface area contributed by atoms with E-state index in [9.17, 15) is 9.59 Å². The molecule has 0 radical (unpaired) electrons. The molecule has 1 aliphatic heterocycles. The standard InChI is InChI=1S/C15H16IN3O2/c16-9-4-6-10(7-5-9)17-14(20)8-12-11-2-1-3-13(11)18-19-15(12)21/h4-7,11-12H,1-3,8H2,(H,17,20)(H,19,21). The Balaban J connectivity index is 1.65. The number of fused-ring (bicyclic) bond motifs is 1. The lowest BCUT2D eigenvalue weighted by atomic mass is 9.85. The van der Waals surface area contributed by atoms with Gasteiger partial charge in [-0.2, -0.15) is 5.10 Å². The first-order chi connectivity index (χ1) is 10.1. The van der Waals surface area contributed by atoms with Gasteiger partial charge in [0.1, 0.15) is 0 Å². The van der Waals surface area contributed by atoms with Crippen LogP contribution in [0.1, 0.15) is 25.7 Å². The van der Waals surface area contributed by atoms with Gasteiger partial charge in [0, 0.05) is 27.3 Å². The fraction of sp³-hybridized carbons (Fsp3) is 0.400. The third-order valence-corrected chi connectivity index (χ3v) is 4.76. The normalized spacial score (nSPS) is 24.0. The predicted octanol–water partition coefficient (Wildman–Crippen LogP) is 2.52. The smallest absolute Gasteiger partial charge is 0.244 e. The number of nitrogens with one attached hydrogen (secondary N) is 2. The zero-order valence-electron chi connectivity index (χ0n) is 11.4. The first-order valence-corrected chi connectivity index (χ1v) is 8.13. The van der Waals surface area contributed by atoms with Gasteiger partial charge in [-0.25, -0.2) is 5.43 Å². The number of rotatable bonds is 3. The summed E-state index contributed by atoms with van der Waals surface area (Å²) in [7, 11) is 0. The van der Waals surface area contributed by atoms with E-state index in [0.717, 1.165) is 34.2 Å². The fourth-order valence-electron chi connectivity index (χ4n) is 3.00. The van der Waals surface area contributed by atoms with Crippen molar-refractivity contribution in [1.29, 1.82) is 0 Å². The average molecular weight is 397 g/mol. The van der Waals surface area contributed by atoms with Crippen molar-refractivity contribution in [3.8, 4) is 0 Å². The van der Waals surface area contributed by atoms with Crippen LogP contribution in [0.3, 0.4) is 0 Å². The van der Waals surface area contributed by atoms with Crippen molar-refractivity contribution in [3.63, 3.8) is 0 Å². The molecule has 0 aromatic heterocycles. The number of benzene rings is 1. The lowest BCUT2D eigenvalue weighted by Crippen LogP contribution is -2.41. The van der Waals surface area contributed by atoms with Gasteiger partial charge in [-0.15, -0.1) is 0 Å². The van der Waals surface area contributed by atoms with Crippen molar-refractivity contribution in [2.45, 2.75) is 25.7 Å². The Kier molecular flexibility index (Phi) is 4.23. The van der Waals surface area contributed by atoms with Crippen LogP contribution in [0.4, 0.5) is 5.69 Å². The van der Waals surface area contributed by atoms with Crippen LogP contribution in [0.25, 0.3) is 0 Å². The highest BCUT2D eigenvalue weighted by Crippen LogP contribution is 2.33. The Labute approximate surface area is 136 Å². The molecule has 3 rings (SSSR count). The Bertz CT molecular complexity index is 597. The Morgan fingerprint density at radius 1 is 1.38 bits per heavy atom. The van der Waals surface area contributed by atoms with Gasteiger partial charge in [-0.05, 0) is 66.1 Å². The van der Waals surface area contributed by atoms with E-state index in [2.05, 4.69) is 38.4 Å².